The molecule has 0 fully saturated rings. The lowest BCUT2D eigenvalue weighted by Gasteiger charge is -2.06. The number of H-pyrrole nitrogens is 1. The first-order valence-corrected chi connectivity index (χ1v) is 7.20. The third kappa shape index (κ3) is 3.62. The maximum Gasteiger partial charge on any atom is 0.264 e. The van der Waals surface area contributed by atoms with Gasteiger partial charge in [-0.3, -0.25) is 4.79 Å². The van der Waals surface area contributed by atoms with E-state index in [0.717, 1.165) is 24.1 Å². The molecule has 0 saturated heterocycles. The third-order valence-corrected chi connectivity index (χ3v) is 3.84. The van der Waals surface area contributed by atoms with Crippen molar-refractivity contribution in [2.24, 2.45) is 0 Å². The van der Waals surface area contributed by atoms with Crippen LogP contribution in [-0.2, 0) is 12.8 Å². The fraction of sp³-hybridized carbons (Fsp3) is 0.286. The number of nitrogens with zero attached hydrogens (tertiary/aromatic N) is 1. The molecule has 0 aliphatic carbocycles. The third-order valence-electron chi connectivity index (χ3n) is 2.73. The average Bonchev–Trinajstić information content (AvgIpc) is 2.35. The molecule has 1 aromatic heterocycles. The molecule has 0 saturated carbocycles. The number of aromatic nitrogens is 2. The lowest BCUT2D eigenvalue weighted by Crippen LogP contribution is -2.18. The number of aromatic amines is 1. The van der Waals surface area contributed by atoms with Gasteiger partial charge in [-0.2, -0.15) is 0 Å². The quantitative estimate of drug-likeness (QED) is 0.839. The fourth-order valence-electron chi connectivity index (χ4n) is 1.88. The SMILES string of the molecule is CCCc1nc(Cc2cccc(F)c2)[nH]c(=O)c1I. The van der Waals surface area contributed by atoms with Crippen LogP contribution >= 0.6 is 22.6 Å². The smallest absolute Gasteiger partial charge is 0.264 e. The van der Waals surface area contributed by atoms with Crippen LogP contribution in [-0.4, -0.2) is 9.97 Å². The van der Waals surface area contributed by atoms with Crippen molar-refractivity contribution >= 4 is 22.6 Å². The Kier molecular flexibility index (Phi) is 4.68. The Hall–Kier alpha value is -1.24. The summed E-state index contributed by atoms with van der Waals surface area (Å²) < 4.78 is 13.8. The Bertz CT molecular complexity index is 640. The molecule has 100 valence electrons. The summed E-state index contributed by atoms with van der Waals surface area (Å²) in [6.07, 6.45) is 2.14. The van der Waals surface area contributed by atoms with Crippen molar-refractivity contribution in [2.75, 3.05) is 0 Å². The van der Waals surface area contributed by atoms with E-state index in [-0.39, 0.29) is 11.4 Å². The summed E-state index contributed by atoms with van der Waals surface area (Å²) in [5, 5.41) is 0. The summed E-state index contributed by atoms with van der Waals surface area (Å²) in [5.41, 5.74) is 1.50. The van der Waals surface area contributed by atoms with Crippen LogP contribution in [0.5, 0.6) is 0 Å². The van der Waals surface area contributed by atoms with Crippen molar-refractivity contribution in [3.63, 3.8) is 0 Å². The second-order valence-corrected chi connectivity index (χ2v) is 5.41. The molecule has 1 N–H and O–H groups in total. The molecule has 19 heavy (non-hydrogen) atoms. The second-order valence-electron chi connectivity index (χ2n) is 4.33. The number of benzene rings is 1. The Morgan fingerprint density at radius 3 is 2.89 bits per heavy atom. The van der Waals surface area contributed by atoms with Gasteiger partial charge in [-0.1, -0.05) is 25.5 Å². The van der Waals surface area contributed by atoms with E-state index in [1.54, 1.807) is 6.07 Å². The molecule has 0 unspecified atom stereocenters. The van der Waals surface area contributed by atoms with Gasteiger partial charge < -0.3 is 4.98 Å². The van der Waals surface area contributed by atoms with Crippen LogP contribution in [0.3, 0.4) is 0 Å². The zero-order valence-corrected chi connectivity index (χ0v) is 12.7. The van der Waals surface area contributed by atoms with Gasteiger partial charge in [0.05, 0.1) is 9.26 Å². The van der Waals surface area contributed by atoms with E-state index in [2.05, 4.69) is 9.97 Å². The van der Waals surface area contributed by atoms with Crippen LogP contribution in [0.4, 0.5) is 4.39 Å². The van der Waals surface area contributed by atoms with E-state index in [9.17, 15) is 9.18 Å². The van der Waals surface area contributed by atoms with Crippen LogP contribution < -0.4 is 5.56 Å². The fourth-order valence-corrected chi connectivity index (χ4v) is 2.41. The van der Waals surface area contributed by atoms with Crippen LogP contribution in [0.2, 0.25) is 0 Å². The van der Waals surface area contributed by atoms with Gasteiger partial charge in [0.1, 0.15) is 11.6 Å². The summed E-state index contributed by atoms with van der Waals surface area (Å²) in [6, 6.07) is 6.33. The predicted molar refractivity (Wildman–Crippen MR) is 80.8 cm³/mol. The molecule has 1 heterocycles. The molecule has 5 heteroatoms. The molecule has 0 atom stereocenters. The molecule has 2 aromatic rings. The molecule has 2 rings (SSSR count). The van der Waals surface area contributed by atoms with E-state index in [1.807, 2.05) is 35.6 Å². The van der Waals surface area contributed by atoms with E-state index >= 15 is 0 Å². The van der Waals surface area contributed by atoms with Crippen molar-refractivity contribution in [3.05, 3.63) is 61.1 Å². The second kappa shape index (κ2) is 6.27. The highest BCUT2D eigenvalue weighted by Gasteiger charge is 2.09. The van der Waals surface area contributed by atoms with Crippen LogP contribution in [0.25, 0.3) is 0 Å². The summed E-state index contributed by atoms with van der Waals surface area (Å²) >= 11 is 2.02. The molecule has 0 bridgehead atoms. The zero-order chi connectivity index (χ0) is 13.8. The Morgan fingerprint density at radius 2 is 2.21 bits per heavy atom. The Labute approximate surface area is 124 Å². The molecule has 0 aliphatic rings. The maximum absolute atomic E-state index is 13.1. The van der Waals surface area contributed by atoms with Gasteiger partial charge in [0, 0.05) is 6.42 Å². The molecular formula is C14H14FIN2O. The molecule has 0 radical (unpaired) electrons. The van der Waals surface area contributed by atoms with E-state index in [4.69, 9.17) is 0 Å². The zero-order valence-electron chi connectivity index (χ0n) is 10.5. The van der Waals surface area contributed by atoms with Gasteiger partial charge in [-0.25, -0.2) is 9.37 Å². The van der Waals surface area contributed by atoms with Crippen LogP contribution in [0.15, 0.2) is 29.1 Å². The molecule has 0 spiro atoms. The van der Waals surface area contributed by atoms with E-state index in [1.165, 1.54) is 12.1 Å². The number of aryl methyl sites for hydroxylation is 1. The first-order valence-electron chi connectivity index (χ1n) is 6.12. The average molecular weight is 372 g/mol. The minimum absolute atomic E-state index is 0.120. The molecule has 0 amide bonds. The van der Waals surface area contributed by atoms with Crippen molar-refractivity contribution in [1.82, 2.24) is 9.97 Å². The van der Waals surface area contributed by atoms with Gasteiger partial charge >= 0.3 is 0 Å². The Balaban J connectivity index is 2.33. The highest BCUT2D eigenvalue weighted by atomic mass is 127. The van der Waals surface area contributed by atoms with Gasteiger partial charge in [0.2, 0.25) is 0 Å². The van der Waals surface area contributed by atoms with Crippen molar-refractivity contribution in [3.8, 4) is 0 Å². The lowest BCUT2D eigenvalue weighted by molar-refractivity contribution is 0.625. The molecule has 3 nitrogen and oxygen atoms in total. The van der Waals surface area contributed by atoms with Gasteiger partial charge in [-0.05, 0) is 46.7 Å². The van der Waals surface area contributed by atoms with Crippen molar-refractivity contribution in [2.45, 2.75) is 26.2 Å². The lowest BCUT2D eigenvalue weighted by atomic mass is 10.1. The molecule has 1 aromatic carbocycles. The first-order chi connectivity index (χ1) is 9.10. The first kappa shape index (κ1) is 14.2. The number of halogens is 2. The number of rotatable bonds is 4. The van der Waals surface area contributed by atoms with Crippen LogP contribution in [0.1, 0.15) is 30.4 Å². The monoisotopic (exact) mass is 372 g/mol. The highest BCUT2D eigenvalue weighted by molar-refractivity contribution is 14.1. The summed E-state index contributed by atoms with van der Waals surface area (Å²) in [6.45, 7) is 2.05. The van der Waals surface area contributed by atoms with Crippen molar-refractivity contribution in [1.29, 1.82) is 0 Å². The minimum Gasteiger partial charge on any atom is -0.309 e. The normalized spacial score (nSPS) is 10.7. The molecular weight excluding hydrogens is 358 g/mol. The highest BCUT2D eigenvalue weighted by Crippen LogP contribution is 2.11. The summed E-state index contributed by atoms with van der Waals surface area (Å²) in [5.74, 6) is 0.304. The van der Waals surface area contributed by atoms with Crippen molar-refractivity contribution < 1.29 is 4.39 Å². The minimum atomic E-state index is -0.279. The standard InChI is InChI=1S/C14H14FIN2O/c1-2-4-11-13(16)14(19)18-12(17-11)8-9-5-3-6-10(15)7-9/h3,5-7H,2,4,8H2,1H3,(H,17,18,19). The largest absolute Gasteiger partial charge is 0.309 e. The van der Waals surface area contributed by atoms with Gasteiger partial charge in [0.25, 0.3) is 5.56 Å². The van der Waals surface area contributed by atoms with Gasteiger partial charge in [0.15, 0.2) is 0 Å². The topological polar surface area (TPSA) is 45.8 Å². The van der Waals surface area contributed by atoms with E-state index < -0.39 is 0 Å². The Morgan fingerprint density at radius 1 is 1.42 bits per heavy atom. The summed E-state index contributed by atoms with van der Waals surface area (Å²) in [7, 11) is 0. The number of hydrogen-bond donors (Lipinski definition) is 1. The van der Waals surface area contributed by atoms with Crippen LogP contribution in [0, 0.1) is 9.39 Å². The number of nitrogens with one attached hydrogen (secondary N) is 1. The predicted octanol–water partition coefficient (Wildman–Crippen LogP) is 3.06. The van der Waals surface area contributed by atoms with Gasteiger partial charge in [-0.15, -0.1) is 0 Å². The number of hydrogen-bond acceptors (Lipinski definition) is 2. The van der Waals surface area contributed by atoms with E-state index in [0.29, 0.717) is 15.8 Å². The maximum atomic E-state index is 13.1. The molecule has 0 aliphatic heterocycles. The summed E-state index contributed by atoms with van der Waals surface area (Å²) in [4.78, 5) is 19.0.